The molecule has 0 unspecified atom stereocenters. The molecule has 0 aromatic carbocycles. The minimum atomic E-state index is 0.0538. The van der Waals surface area contributed by atoms with E-state index in [2.05, 4.69) is 33.7 Å². The van der Waals surface area contributed by atoms with Crippen molar-refractivity contribution in [1.29, 1.82) is 0 Å². The Morgan fingerprint density at radius 3 is 2.62 bits per heavy atom. The molecule has 0 radical (unpaired) electrons. The van der Waals surface area contributed by atoms with Gasteiger partial charge in [-0.25, -0.2) is 15.0 Å². The van der Waals surface area contributed by atoms with Gasteiger partial charge in [-0.3, -0.25) is 9.36 Å². The van der Waals surface area contributed by atoms with E-state index in [4.69, 9.17) is 0 Å². The fraction of sp³-hybridized carbons (Fsp3) is 0.556. The van der Waals surface area contributed by atoms with Crippen molar-refractivity contribution in [2.24, 2.45) is 5.92 Å². The first-order valence-corrected chi connectivity index (χ1v) is 8.64. The van der Waals surface area contributed by atoms with Crippen molar-refractivity contribution in [3.8, 4) is 0 Å². The van der Waals surface area contributed by atoms with Crippen LogP contribution in [-0.4, -0.2) is 32.6 Å². The Balaban J connectivity index is 1.60. The molecule has 0 amide bonds. The zero-order valence-electron chi connectivity index (χ0n) is 14.6. The van der Waals surface area contributed by atoms with Crippen molar-refractivity contribution in [1.82, 2.24) is 19.5 Å². The van der Waals surface area contributed by atoms with Crippen LogP contribution in [0.5, 0.6) is 0 Å². The maximum atomic E-state index is 12.2. The minimum Gasteiger partial charge on any atom is -0.341 e. The molecule has 0 spiro atoms. The van der Waals surface area contributed by atoms with Crippen molar-refractivity contribution in [2.75, 3.05) is 18.0 Å². The molecule has 2 aromatic heterocycles. The van der Waals surface area contributed by atoms with Crippen molar-refractivity contribution in [2.45, 2.75) is 46.1 Å². The molecule has 128 valence electrons. The van der Waals surface area contributed by atoms with Crippen LogP contribution in [0, 0.1) is 12.8 Å². The van der Waals surface area contributed by atoms with Crippen LogP contribution >= 0.6 is 0 Å². The number of hydrogen-bond acceptors (Lipinski definition) is 5. The molecular formula is C18H25N5O. The number of aromatic nitrogens is 4. The zero-order valence-corrected chi connectivity index (χ0v) is 14.6. The summed E-state index contributed by atoms with van der Waals surface area (Å²) < 4.78 is 1.75. The number of nitrogens with zero attached hydrogens (tertiary/aromatic N) is 5. The molecule has 0 saturated carbocycles. The van der Waals surface area contributed by atoms with Gasteiger partial charge >= 0.3 is 0 Å². The van der Waals surface area contributed by atoms with Gasteiger partial charge in [0.15, 0.2) is 0 Å². The first kappa shape index (κ1) is 16.6. The summed E-state index contributed by atoms with van der Waals surface area (Å²) in [6.45, 7) is 8.69. The predicted octanol–water partition coefficient (Wildman–Crippen LogP) is 2.38. The van der Waals surface area contributed by atoms with Gasteiger partial charge in [0, 0.05) is 37.6 Å². The van der Waals surface area contributed by atoms with Crippen LogP contribution < -0.4 is 10.5 Å². The van der Waals surface area contributed by atoms with Crippen LogP contribution in [0.1, 0.15) is 44.0 Å². The Morgan fingerprint density at radius 2 is 2.00 bits per heavy atom. The standard InChI is InChI=1S/C18H25N5O/c1-13(2)16-10-17(24)23(12-20-16)11-15-5-8-22(9-6-15)18-19-7-4-14(3)21-18/h4,7,10,12-13,15H,5-6,8-9,11H2,1-3H3. The van der Waals surface area contributed by atoms with Crippen molar-refractivity contribution < 1.29 is 0 Å². The molecule has 0 aliphatic carbocycles. The number of anilines is 1. The topological polar surface area (TPSA) is 63.9 Å². The Bertz CT molecular complexity index is 747. The average molecular weight is 327 g/mol. The lowest BCUT2D eigenvalue weighted by Gasteiger charge is -2.32. The van der Waals surface area contributed by atoms with Gasteiger partial charge in [-0.15, -0.1) is 0 Å². The maximum absolute atomic E-state index is 12.2. The van der Waals surface area contributed by atoms with Crippen molar-refractivity contribution in [3.05, 3.63) is 46.4 Å². The molecule has 1 fully saturated rings. The third kappa shape index (κ3) is 3.80. The number of aryl methyl sites for hydroxylation is 1. The number of piperidine rings is 1. The summed E-state index contributed by atoms with van der Waals surface area (Å²) in [4.78, 5) is 27.7. The second-order valence-electron chi connectivity index (χ2n) is 6.89. The number of rotatable bonds is 4. The molecule has 1 aliphatic heterocycles. The summed E-state index contributed by atoms with van der Waals surface area (Å²) in [7, 11) is 0. The molecular weight excluding hydrogens is 302 g/mol. The van der Waals surface area contributed by atoms with Crippen LogP contribution in [0.3, 0.4) is 0 Å². The second-order valence-corrected chi connectivity index (χ2v) is 6.89. The largest absolute Gasteiger partial charge is 0.341 e. The van der Waals surface area contributed by atoms with E-state index in [1.807, 2.05) is 19.2 Å². The van der Waals surface area contributed by atoms with Gasteiger partial charge in [-0.05, 0) is 37.7 Å². The van der Waals surface area contributed by atoms with Crippen LogP contribution in [-0.2, 0) is 6.54 Å². The summed E-state index contributed by atoms with van der Waals surface area (Å²) in [5.41, 5.74) is 1.91. The molecule has 1 saturated heterocycles. The van der Waals surface area contributed by atoms with E-state index < -0.39 is 0 Å². The Morgan fingerprint density at radius 1 is 1.25 bits per heavy atom. The normalized spacial score (nSPS) is 15.9. The van der Waals surface area contributed by atoms with Crippen molar-refractivity contribution in [3.63, 3.8) is 0 Å². The van der Waals surface area contributed by atoms with E-state index in [1.165, 1.54) is 0 Å². The first-order valence-electron chi connectivity index (χ1n) is 8.64. The van der Waals surface area contributed by atoms with E-state index in [9.17, 15) is 4.79 Å². The fourth-order valence-corrected chi connectivity index (χ4v) is 3.07. The van der Waals surface area contributed by atoms with Crippen LogP contribution in [0.2, 0.25) is 0 Å². The molecule has 2 aromatic rings. The lowest BCUT2D eigenvalue weighted by Crippen LogP contribution is -2.37. The Kier molecular flexibility index (Phi) is 4.92. The first-order chi connectivity index (χ1) is 11.5. The highest BCUT2D eigenvalue weighted by atomic mass is 16.1. The molecule has 1 aliphatic rings. The Labute approximate surface area is 142 Å². The summed E-state index contributed by atoms with van der Waals surface area (Å²) in [5, 5.41) is 0. The summed E-state index contributed by atoms with van der Waals surface area (Å²) >= 11 is 0. The predicted molar refractivity (Wildman–Crippen MR) is 94.3 cm³/mol. The lowest BCUT2D eigenvalue weighted by molar-refractivity contribution is 0.348. The highest BCUT2D eigenvalue weighted by Crippen LogP contribution is 2.21. The second kappa shape index (κ2) is 7.11. The average Bonchev–Trinajstić information content (AvgIpc) is 2.57. The van der Waals surface area contributed by atoms with Gasteiger partial charge in [-0.1, -0.05) is 13.8 Å². The van der Waals surface area contributed by atoms with E-state index in [1.54, 1.807) is 17.0 Å². The monoisotopic (exact) mass is 327 g/mol. The highest BCUT2D eigenvalue weighted by molar-refractivity contribution is 5.30. The smallest absolute Gasteiger partial charge is 0.253 e. The van der Waals surface area contributed by atoms with E-state index in [-0.39, 0.29) is 11.5 Å². The Hall–Kier alpha value is -2.24. The van der Waals surface area contributed by atoms with E-state index in [0.29, 0.717) is 5.92 Å². The van der Waals surface area contributed by atoms with Gasteiger partial charge < -0.3 is 4.90 Å². The van der Waals surface area contributed by atoms with Crippen LogP contribution in [0.4, 0.5) is 5.95 Å². The zero-order chi connectivity index (χ0) is 17.1. The van der Waals surface area contributed by atoms with Gasteiger partial charge in [0.25, 0.3) is 5.56 Å². The van der Waals surface area contributed by atoms with Gasteiger partial charge in [0.05, 0.1) is 12.0 Å². The van der Waals surface area contributed by atoms with Gasteiger partial charge in [-0.2, -0.15) is 0 Å². The minimum absolute atomic E-state index is 0.0538. The molecule has 0 N–H and O–H groups in total. The highest BCUT2D eigenvalue weighted by Gasteiger charge is 2.21. The quantitative estimate of drug-likeness (QED) is 0.863. The van der Waals surface area contributed by atoms with E-state index >= 15 is 0 Å². The third-order valence-corrected chi connectivity index (χ3v) is 4.63. The summed E-state index contributed by atoms with van der Waals surface area (Å²) in [5.74, 6) is 1.59. The number of hydrogen-bond donors (Lipinski definition) is 0. The maximum Gasteiger partial charge on any atom is 0.253 e. The van der Waals surface area contributed by atoms with Gasteiger partial charge in [0.2, 0.25) is 5.95 Å². The summed E-state index contributed by atoms with van der Waals surface area (Å²) in [6, 6.07) is 3.58. The van der Waals surface area contributed by atoms with Gasteiger partial charge in [0.1, 0.15) is 0 Å². The molecule has 6 heteroatoms. The SMILES string of the molecule is Cc1ccnc(N2CCC(Cn3cnc(C(C)C)cc3=O)CC2)n1. The molecule has 3 heterocycles. The molecule has 6 nitrogen and oxygen atoms in total. The third-order valence-electron chi connectivity index (χ3n) is 4.63. The summed E-state index contributed by atoms with van der Waals surface area (Å²) in [6.07, 6.45) is 5.59. The van der Waals surface area contributed by atoms with Crippen LogP contribution in [0.15, 0.2) is 29.5 Å². The van der Waals surface area contributed by atoms with E-state index in [0.717, 1.165) is 49.8 Å². The molecule has 0 atom stereocenters. The fourth-order valence-electron chi connectivity index (χ4n) is 3.07. The van der Waals surface area contributed by atoms with Crippen molar-refractivity contribution >= 4 is 5.95 Å². The molecule has 0 bridgehead atoms. The molecule has 24 heavy (non-hydrogen) atoms. The van der Waals surface area contributed by atoms with Crippen LogP contribution in [0.25, 0.3) is 0 Å². The molecule has 3 rings (SSSR count). The lowest BCUT2D eigenvalue weighted by atomic mass is 9.97.